The summed E-state index contributed by atoms with van der Waals surface area (Å²) in [7, 11) is 1.60. The van der Waals surface area contributed by atoms with Gasteiger partial charge in [-0.3, -0.25) is 9.69 Å². The van der Waals surface area contributed by atoms with Gasteiger partial charge in [-0.25, -0.2) is 18.6 Å². The summed E-state index contributed by atoms with van der Waals surface area (Å²) >= 11 is 0. The van der Waals surface area contributed by atoms with Crippen LogP contribution in [0.2, 0.25) is 0 Å². The molecule has 3 aromatic carbocycles. The number of hydrogen-bond donors (Lipinski definition) is 2. The van der Waals surface area contributed by atoms with Crippen LogP contribution in [-0.2, 0) is 10.7 Å². The Hall–Kier alpha value is -4.73. The van der Waals surface area contributed by atoms with Crippen LogP contribution < -0.4 is 10.2 Å². The molecule has 10 heteroatoms. The molecule has 45 heavy (non-hydrogen) atoms. The fourth-order valence-electron chi connectivity index (χ4n) is 5.43. The molecule has 0 bridgehead atoms. The highest BCUT2D eigenvalue weighted by molar-refractivity contribution is 6.04. The molecule has 0 radical (unpaired) electrons. The first kappa shape index (κ1) is 31.7. The van der Waals surface area contributed by atoms with Gasteiger partial charge in [-0.2, -0.15) is 4.73 Å². The highest BCUT2D eigenvalue weighted by Gasteiger charge is 2.48. The Bertz CT molecular complexity index is 1770. The molecule has 1 aromatic heterocycles. The first-order valence-electron chi connectivity index (χ1n) is 14.8. The summed E-state index contributed by atoms with van der Waals surface area (Å²) in [6, 6.07) is 16.9. The summed E-state index contributed by atoms with van der Waals surface area (Å²) < 4.78 is 35.7. The van der Waals surface area contributed by atoms with Gasteiger partial charge in [0.2, 0.25) is 0 Å². The molecular weight excluding hydrogens is 578 g/mol. The quantitative estimate of drug-likeness (QED) is 0.203. The summed E-state index contributed by atoms with van der Waals surface area (Å²) in [4.78, 5) is 32.3. The van der Waals surface area contributed by atoms with E-state index >= 15 is 0 Å². The molecular formula is C35H38F2N4O4. The van der Waals surface area contributed by atoms with Gasteiger partial charge in [0.05, 0.1) is 5.69 Å². The van der Waals surface area contributed by atoms with E-state index in [0.29, 0.717) is 28.8 Å². The number of rotatable bonds is 7. The second kappa shape index (κ2) is 11.6. The third-order valence-corrected chi connectivity index (χ3v) is 7.84. The van der Waals surface area contributed by atoms with Crippen LogP contribution in [0, 0.1) is 26.7 Å². The fourth-order valence-corrected chi connectivity index (χ4v) is 5.43. The first-order chi connectivity index (χ1) is 21.1. The normalized spacial score (nSPS) is 13.4. The standard InChI is InChI=1S/C35H38F2N4O4/c1-20-10-8-11-21(2)29(20)23-16-24(18-28(17-23)40(7)33(43)45-34(4,5)6)31-38-22(3)30(41(31)44)32(42)39-27-13-9-12-26(19-27)35(36,37)25-14-15-25/h8-13,16-19,25,44H,14-15H2,1-7H3,(H,39,42). The predicted molar refractivity (Wildman–Crippen MR) is 170 cm³/mol. The van der Waals surface area contributed by atoms with Crippen molar-refractivity contribution in [3.8, 4) is 22.5 Å². The van der Waals surface area contributed by atoms with Crippen LogP contribution in [0.3, 0.4) is 0 Å². The average Bonchev–Trinajstić information content (AvgIpc) is 3.77. The minimum absolute atomic E-state index is 0.0681. The number of amides is 2. The van der Waals surface area contributed by atoms with Crippen LogP contribution in [0.1, 0.15) is 66.5 Å². The number of benzene rings is 3. The highest BCUT2D eigenvalue weighted by atomic mass is 19.3. The number of nitrogens with one attached hydrogen (secondary N) is 1. The van der Waals surface area contributed by atoms with Crippen molar-refractivity contribution >= 4 is 23.4 Å². The molecule has 1 heterocycles. The molecule has 0 atom stereocenters. The number of imidazole rings is 1. The van der Waals surface area contributed by atoms with Crippen LogP contribution in [-0.4, -0.2) is 39.6 Å². The number of ether oxygens (including phenoxy) is 1. The van der Waals surface area contributed by atoms with Gasteiger partial charge in [-0.1, -0.05) is 30.3 Å². The number of alkyl halides is 2. The van der Waals surface area contributed by atoms with E-state index in [0.717, 1.165) is 22.3 Å². The van der Waals surface area contributed by atoms with Crippen LogP contribution in [0.4, 0.5) is 25.0 Å². The van der Waals surface area contributed by atoms with Gasteiger partial charge in [-0.15, -0.1) is 0 Å². The lowest BCUT2D eigenvalue weighted by molar-refractivity contribution is -0.0285. The maximum absolute atomic E-state index is 14.7. The predicted octanol–water partition coefficient (Wildman–Crippen LogP) is 8.51. The molecule has 8 nitrogen and oxygen atoms in total. The van der Waals surface area contributed by atoms with Crippen LogP contribution in [0.5, 0.6) is 0 Å². The second-order valence-electron chi connectivity index (χ2n) is 12.7. The van der Waals surface area contributed by atoms with Crippen LogP contribution in [0.25, 0.3) is 22.5 Å². The van der Waals surface area contributed by atoms with Gasteiger partial charge in [0, 0.05) is 35.5 Å². The molecule has 1 saturated carbocycles. The van der Waals surface area contributed by atoms with E-state index in [1.807, 2.05) is 44.2 Å². The lowest BCUT2D eigenvalue weighted by Crippen LogP contribution is -2.34. The fraction of sp³-hybridized carbons (Fsp3) is 0.343. The van der Waals surface area contributed by atoms with Crippen LogP contribution in [0.15, 0.2) is 60.7 Å². The molecule has 1 fully saturated rings. The van der Waals surface area contributed by atoms with Crippen molar-refractivity contribution in [1.29, 1.82) is 0 Å². The van der Waals surface area contributed by atoms with Crippen LogP contribution >= 0.6 is 0 Å². The van der Waals surface area contributed by atoms with Gasteiger partial charge in [-0.05, 0) is 107 Å². The Balaban J connectivity index is 1.54. The maximum atomic E-state index is 14.7. The molecule has 0 saturated heterocycles. The first-order valence-corrected chi connectivity index (χ1v) is 14.8. The number of hydrogen-bond acceptors (Lipinski definition) is 5. The summed E-state index contributed by atoms with van der Waals surface area (Å²) in [5.74, 6) is -4.31. The molecule has 1 aliphatic carbocycles. The topological polar surface area (TPSA) is 96.7 Å². The molecule has 0 unspecified atom stereocenters. The molecule has 0 spiro atoms. The number of anilines is 2. The summed E-state index contributed by atoms with van der Waals surface area (Å²) in [6.45, 7) is 10.9. The highest BCUT2D eigenvalue weighted by Crippen LogP contribution is 2.50. The van der Waals surface area contributed by atoms with Gasteiger partial charge in [0.15, 0.2) is 11.5 Å². The van der Waals surface area contributed by atoms with Crippen molar-refractivity contribution in [2.45, 2.75) is 65.9 Å². The second-order valence-corrected chi connectivity index (χ2v) is 12.7. The van der Waals surface area contributed by atoms with E-state index in [1.165, 1.54) is 29.2 Å². The molecule has 2 amide bonds. The molecule has 5 rings (SSSR count). The summed E-state index contributed by atoms with van der Waals surface area (Å²) in [5, 5.41) is 13.9. The van der Waals surface area contributed by atoms with Gasteiger partial charge in [0.1, 0.15) is 5.60 Å². The number of aryl methyl sites for hydroxylation is 3. The SMILES string of the molecule is Cc1cccc(C)c1-c1cc(-c2nc(C)c(C(=O)Nc3cccc(C(F)(F)C4CC4)c3)n2O)cc(N(C)C(=O)OC(C)(C)C)c1. The number of nitrogens with zero attached hydrogens (tertiary/aromatic N) is 3. The largest absolute Gasteiger partial charge is 0.443 e. The lowest BCUT2D eigenvalue weighted by atomic mass is 9.94. The minimum atomic E-state index is -2.98. The maximum Gasteiger partial charge on any atom is 0.414 e. The zero-order valence-electron chi connectivity index (χ0n) is 26.5. The summed E-state index contributed by atoms with van der Waals surface area (Å²) in [5.41, 5.74) is 4.05. The molecule has 4 aromatic rings. The zero-order valence-corrected chi connectivity index (χ0v) is 26.5. The Morgan fingerprint density at radius 3 is 2.22 bits per heavy atom. The van der Waals surface area contributed by atoms with Gasteiger partial charge < -0.3 is 15.3 Å². The van der Waals surface area contributed by atoms with Gasteiger partial charge in [0.25, 0.3) is 11.8 Å². The van der Waals surface area contributed by atoms with Crippen molar-refractivity contribution in [2.24, 2.45) is 5.92 Å². The zero-order chi connectivity index (χ0) is 32.8. The monoisotopic (exact) mass is 616 g/mol. The third kappa shape index (κ3) is 6.55. The van der Waals surface area contributed by atoms with Crippen molar-refractivity contribution in [3.05, 3.63) is 88.7 Å². The number of aromatic nitrogens is 2. The van der Waals surface area contributed by atoms with E-state index in [-0.39, 0.29) is 28.5 Å². The van der Waals surface area contributed by atoms with Crippen molar-refractivity contribution < 1.29 is 28.3 Å². The third-order valence-electron chi connectivity index (χ3n) is 7.84. The van der Waals surface area contributed by atoms with Crippen molar-refractivity contribution in [3.63, 3.8) is 0 Å². The molecule has 2 N–H and O–H groups in total. The van der Waals surface area contributed by atoms with E-state index < -0.39 is 29.4 Å². The smallest absolute Gasteiger partial charge is 0.414 e. The van der Waals surface area contributed by atoms with Crippen molar-refractivity contribution in [1.82, 2.24) is 9.71 Å². The Morgan fingerprint density at radius 2 is 1.60 bits per heavy atom. The number of halogens is 2. The molecule has 236 valence electrons. The molecule has 0 aliphatic heterocycles. The van der Waals surface area contributed by atoms with E-state index in [4.69, 9.17) is 4.74 Å². The van der Waals surface area contributed by atoms with E-state index in [9.17, 15) is 23.6 Å². The average molecular weight is 617 g/mol. The Labute approximate surface area is 261 Å². The Kier molecular flexibility index (Phi) is 8.20. The minimum Gasteiger partial charge on any atom is -0.443 e. The van der Waals surface area contributed by atoms with Crippen molar-refractivity contribution in [2.75, 3.05) is 17.3 Å². The summed E-state index contributed by atoms with van der Waals surface area (Å²) in [6.07, 6.45) is 0.370. The molecule has 1 aliphatic rings. The Morgan fingerprint density at radius 1 is 0.978 bits per heavy atom. The number of carbonyl (C=O) groups excluding carboxylic acids is 2. The van der Waals surface area contributed by atoms with E-state index in [2.05, 4.69) is 10.3 Å². The van der Waals surface area contributed by atoms with E-state index in [1.54, 1.807) is 40.8 Å². The van der Waals surface area contributed by atoms with Gasteiger partial charge >= 0.3 is 6.09 Å². The lowest BCUT2D eigenvalue weighted by Gasteiger charge is -2.25. The number of carbonyl (C=O) groups is 2.